The first-order valence-corrected chi connectivity index (χ1v) is 16.0. The second kappa shape index (κ2) is 9.55. The topological polar surface area (TPSA) is 0 Å². The highest BCUT2D eigenvalue weighted by Gasteiger charge is 2.35. The third-order valence-electron chi connectivity index (χ3n) is 11.0. The second-order valence-electron chi connectivity index (χ2n) is 13.1. The van der Waals surface area contributed by atoms with Gasteiger partial charge in [-0.15, -0.1) is 0 Å². The fourth-order valence-electron chi connectivity index (χ4n) is 9.30. The quantitative estimate of drug-likeness (QED) is 0.232. The fourth-order valence-corrected chi connectivity index (χ4v) is 9.30. The Balaban J connectivity index is 1.46. The average Bonchev–Trinajstić information content (AvgIpc) is 3.32. The maximum atomic E-state index is 2.58. The average molecular weight is 499 g/mol. The summed E-state index contributed by atoms with van der Waals surface area (Å²) in [5, 5.41) is 6.32. The van der Waals surface area contributed by atoms with Crippen LogP contribution < -0.4 is 0 Å². The number of rotatable bonds is 3. The molecule has 3 saturated carbocycles. The smallest absolute Gasteiger partial charge is 0.00233 e. The van der Waals surface area contributed by atoms with Gasteiger partial charge in [-0.25, -0.2) is 0 Å². The van der Waals surface area contributed by atoms with E-state index in [1.54, 1.807) is 60.5 Å². The van der Waals surface area contributed by atoms with Crippen molar-refractivity contribution in [3.63, 3.8) is 0 Å². The van der Waals surface area contributed by atoms with Crippen LogP contribution in [0.3, 0.4) is 0 Å². The predicted molar refractivity (Wildman–Crippen MR) is 163 cm³/mol. The van der Waals surface area contributed by atoms with E-state index in [4.69, 9.17) is 0 Å². The van der Waals surface area contributed by atoms with E-state index in [1.807, 2.05) is 0 Å². The Kier molecular flexibility index (Phi) is 5.85. The Morgan fingerprint density at radius 1 is 0.395 bits per heavy atom. The molecule has 4 aromatic carbocycles. The Bertz CT molecular complexity index is 1430. The highest BCUT2D eigenvalue weighted by Crippen LogP contribution is 2.58. The Labute approximate surface area is 228 Å². The van der Waals surface area contributed by atoms with E-state index in [0.29, 0.717) is 11.8 Å². The SMILES string of the molecule is c1ccc2c(C3CCCCC3)c3c(c(C4CCCCC4)c2c1)-c1cccc2c(C4CCCCC4)ccc-3c12. The minimum absolute atomic E-state index is 0.699. The second-order valence-corrected chi connectivity index (χ2v) is 13.1. The van der Waals surface area contributed by atoms with Crippen LogP contribution in [0.4, 0.5) is 0 Å². The molecule has 0 spiro atoms. The molecule has 0 aliphatic heterocycles. The first kappa shape index (κ1) is 23.3. The van der Waals surface area contributed by atoms with Gasteiger partial charge in [-0.3, -0.25) is 0 Å². The molecule has 0 atom stereocenters. The first-order valence-electron chi connectivity index (χ1n) is 16.0. The lowest BCUT2D eigenvalue weighted by Gasteiger charge is -2.31. The first-order chi connectivity index (χ1) is 18.9. The molecule has 4 aromatic rings. The van der Waals surface area contributed by atoms with Crippen LogP contribution >= 0.6 is 0 Å². The summed E-state index contributed by atoms with van der Waals surface area (Å²) in [4.78, 5) is 0. The van der Waals surface area contributed by atoms with Crippen molar-refractivity contribution in [1.82, 2.24) is 0 Å². The normalized spacial score (nSPS) is 20.8. The Morgan fingerprint density at radius 3 is 1.42 bits per heavy atom. The molecule has 3 fully saturated rings. The standard InChI is InChI=1S/C38H42/c1-4-13-25(14-5-1)28-23-24-33-36-29(28)21-12-22-32(36)37-34(26-15-6-2-7-16-26)30-19-10-11-20-31(30)35(38(33)37)27-17-8-3-9-18-27/h10-12,19-27H,1-9,13-18H2. The summed E-state index contributed by atoms with van der Waals surface area (Å²) in [6, 6.07) is 22.1. The van der Waals surface area contributed by atoms with Crippen molar-refractivity contribution in [2.24, 2.45) is 0 Å². The molecular weight excluding hydrogens is 456 g/mol. The molecule has 8 rings (SSSR count). The molecule has 0 amide bonds. The van der Waals surface area contributed by atoms with Crippen molar-refractivity contribution >= 4 is 21.5 Å². The molecule has 0 bridgehead atoms. The number of benzene rings is 4. The number of hydrogen-bond acceptors (Lipinski definition) is 0. The molecule has 0 heteroatoms. The molecule has 4 aliphatic carbocycles. The van der Waals surface area contributed by atoms with Gasteiger partial charge in [-0.2, -0.15) is 0 Å². The molecular formula is C38H42. The summed E-state index contributed by atoms with van der Waals surface area (Å²) >= 11 is 0. The van der Waals surface area contributed by atoms with Crippen LogP contribution in [0.2, 0.25) is 0 Å². The largest absolute Gasteiger partial charge is 0.0616 e. The Morgan fingerprint density at radius 2 is 0.868 bits per heavy atom. The molecule has 0 heterocycles. The summed E-state index contributed by atoms with van der Waals surface area (Å²) in [6.45, 7) is 0. The van der Waals surface area contributed by atoms with E-state index in [9.17, 15) is 0 Å². The summed E-state index contributed by atoms with van der Waals surface area (Å²) < 4.78 is 0. The van der Waals surface area contributed by atoms with Crippen LogP contribution in [0.1, 0.15) is 131 Å². The van der Waals surface area contributed by atoms with Gasteiger partial charge < -0.3 is 0 Å². The van der Waals surface area contributed by atoms with Crippen LogP contribution in [0.25, 0.3) is 43.8 Å². The third-order valence-corrected chi connectivity index (χ3v) is 11.0. The van der Waals surface area contributed by atoms with Gasteiger partial charge in [0.05, 0.1) is 0 Å². The monoisotopic (exact) mass is 498 g/mol. The fraction of sp³-hybridized carbons (Fsp3) is 0.474. The molecule has 0 saturated heterocycles. The lowest BCUT2D eigenvalue weighted by molar-refractivity contribution is 0.443. The Hall–Kier alpha value is -2.60. The molecule has 0 aromatic heterocycles. The molecule has 0 N–H and O–H groups in total. The van der Waals surface area contributed by atoms with E-state index in [1.165, 1.54) is 96.3 Å². The maximum absolute atomic E-state index is 2.58. The van der Waals surface area contributed by atoms with Crippen molar-refractivity contribution < 1.29 is 0 Å². The van der Waals surface area contributed by atoms with Crippen molar-refractivity contribution in [2.75, 3.05) is 0 Å². The summed E-state index contributed by atoms with van der Waals surface area (Å²) in [7, 11) is 0. The van der Waals surface area contributed by atoms with E-state index in [0.717, 1.165) is 5.92 Å². The molecule has 38 heavy (non-hydrogen) atoms. The zero-order valence-corrected chi connectivity index (χ0v) is 23.0. The van der Waals surface area contributed by atoms with Gasteiger partial charge in [0.15, 0.2) is 0 Å². The van der Waals surface area contributed by atoms with Crippen LogP contribution in [-0.2, 0) is 0 Å². The van der Waals surface area contributed by atoms with E-state index in [-0.39, 0.29) is 0 Å². The van der Waals surface area contributed by atoms with Gasteiger partial charge in [-0.05, 0) is 117 Å². The highest BCUT2D eigenvalue weighted by molar-refractivity contribution is 6.21. The lowest BCUT2D eigenvalue weighted by Crippen LogP contribution is -2.11. The molecule has 0 nitrogen and oxygen atoms in total. The van der Waals surface area contributed by atoms with Gasteiger partial charge in [0.25, 0.3) is 0 Å². The van der Waals surface area contributed by atoms with Crippen LogP contribution in [0, 0.1) is 0 Å². The molecule has 0 radical (unpaired) electrons. The van der Waals surface area contributed by atoms with Crippen molar-refractivity contribution in [3.05, 3.63) is 71.3 Å². The van der Waals surface area contributed by atoms with Crippen LogP contribution in [0.15, 0.2) is 54.6 Å². The van der Waals surface area contributed by atoms with E-state index >= 15 is 0 Å². The number of fused-ring (bicyclic) bond motifs is 4. The van der Waals surface area contributed by atoms with Crippen molar-refractivity contribution in [1.29, 1.82) is 0 Å². The molecule has 0 unspecified atom stereocenters. The van der Waals surface area contributed by atoms with Gasteiger partial charge in [0, 0.05) is 0 Å². The van der Waals surface area contributed by atoms with Crippen molar-refractivity contribution in [2.45, 2.75) is 114 Å². The van der Waals surface area contributed by atoms with Gasteiger partial charge in [-0.1, -0.05) is 112 Å². The lowest BCUT2D eigenvalue weighted by atomic mass is 9.73. The van der Waals surface area contributed by atoms with Gasteiger partial charge in [0.2, 0.25) is 0 Å². The minimum atomic E-state index is 0.699. The summed E-state index contributed by atoms with van der Waals surface area (Å²) in [5.74, 6) is 2.14. The minimum Gasteiger partial charge on any atom is -0.0616 e. The highest BCUT2D eigenvalue weighted by atomic mass is 14.4. The number of hydrogen-bond donors (Lipinski definition) is 0. The summed E-state index contributed by atoms with van der Waals surface area (Å²) in [6.07, 6.45) is 20.8. The van der Waals surface area contributed by atoms with Crippen LogP contribution in [-0.4, -0.2) is 0 Å². The maximum Gasteiger partial charge on any atom is -0.00233 e. The van der Waals surface area contributed by atoms with E-state index in [2.05, 4.69) is 54.6 Å². The zero-order chi connectivity index (χ0) is 25.1. The van der Waals surface area contributed by atoms with Gasteiger partial charge in [0.1, 0.15) is 0 Å². The van der Waals surface area contributed by atoms with Crippen molar-refractivity contribution in [3.8, 4) is 22.3 Å². The zero-order valence-electron chi connectivity index (χ0n) is 23.0. The van der Waals surface area contributed by atoms with Gasteiger partial charge >= 0.3 is 0 Å². The van der Waals surface area contributed by atoms with E-state index < -0.39 is 0 Å². The third kappa shape index (κ3) is 3.55. The molecule has 194 valence electrons. The predicted octanol–water partition coefficient (Wildman–Crippen LogP) is 11.8. The summed E-state index contributed by atoms with van der Waals surface area (Å²) in [5.41, 5.74) is 11.5. The van der Waals surface area contributed by atoms with Crippen LogP contribution in [0.5, 0.6) is 0 Å². The molecule has 4 aliphatic rings.